The lowest BCUT2D eigenvalue weighted by atomic mass is 10.2. The fourth-order valence-electron chi connectivity index (χ4n) is 2.89. The summed E-state index contributed by atoms with van der Waals surface area (Å²) in [6.45, 7) is 0. The van der Waals surface area contributed by atoms with Gasteiger partial charge < -0.3 is 10.6 Å². The molecule has 1 aliphatic rings. The molecule has 9 nitrogen and oxygen atoms in total. The molecule has 10 heteroatoms. The minimum absolute atomic E-state index is 0.232. The SMILES string of the molecule is N#Cc1cnc2c(NC3CC3)cc(Nc3cc(-n4cncn4)ccc3F)nn12. The van der Waals surface area contributed by atoms with Crippen LogP contribution in [0.3, 0.4) is 0 Å². The van der Waals surface area contributed by atoms with Gasteiger partial charge in [0.15, 0.2) is 17.2 Å². The number of anilines is 3. The highest BCUT2D eigenvalue weighted by atomic mass is 19.1. The molecule has 1 aromatic carbocycles. The third kappa shape index (κ3) is 2.88. The van der Waals surface area contributed by atoms with Gasteiger partial charge in [0.1, 0.15) is 24.5 Å². The quantitative estimate of drug-likeness (QED) is 0.552. The predicted molar refractivity (Wildman–Crippen MR) is 98.9 cm³/mol. The minimum Gasteiger partial charge on any atom is -0.379 e. The molecule has 0 saturated heterocycles. The maximum absolute atomic E-state index is 14.4. The van der Waals surface area contributed by atoms with Crippen LogP contribution >= 0.6 is 0 Å². The van der Waals surface area contributed by atoms with Gasteiger partial charge in [0.25, 0.3) is 0 Å². The third-order valence-electron chi connectivity index (χ3n) is 4.42. The molecule has 0 radical (unpaired) electrons. The Kier molecular flexibility index (Phi) is 3.65. The van der Waals surface area contributed by atoms with Gasteiger partial charge >= 0.3 is 0 Å². The standard InChI is InChI=1S/C18H14FN9/c19-14-4-3-12(27-10-21-9-23-27)5-15(14)25-17-6-16(24-11-1-2-11)18-22-8-13(7-20)28(18)26-17/h3-6,8-11,24H,1-2H2,(H,25,26). The summed E-state index contributed by atoms with van der Waals surface area (Å²) < 4.78 is 17.4. The van der Waals surface area contributed by atoms with Gasteiger partial charge in [-0.15, -0.1) is 5.10 Å². The van der Waals surface area contributed by atoms with Crippen molar-refractivity contribution in [3.05, 3.63) is 54.6 Å². The zero-order valence-electron chi connectivity index (χ0n) is 14.5. The predicted octanol–water partition coefficient (Wildman–Crippen LogP) is 2.64. The lowest BCUT2D eigenvalue weighted by Gasteiger charge is -2.12. The van der Waals surface area contributed by atoms with Crippen LogP contribution in [-0.2, 0) is 0 Å². The zero-order chi connectivity index (χ0) is 19.1. The normalized spacial score (nSPS) is 13.4. The highest BCUT2D eigenvalue weighted by molar-refractivity contribution is 5.74. The Morgan fingerprint density at radius 3 is 2.86 bits per heavy atom. The molecule has 0 unspecified atom stereocenters. The number of rotatable bonds is 5. The summed E-state index contributed by atoms with van der Waals surface area (Å²) in [6.07, 6.45) is 6.57. The molecule has 3 heterocycles. The van der Waals surface area contributed by atoms with E-state index in [1.54, 1.807) is 18.2 Å². The molecule has 5 rings (SSSR count). The van der Waals surface area contributed by atoms with Gasteiger partial charge in [-0.05, 0) is 31.0 Å². The van der Waals surface area contributed by atoms with Crippen LogP contribution in [0.15, 0.2) is 43.1 Å². The van der Waals surface area contributed by atoms with Crippen molar-refractivity contribution in [2.45, 2.75) is 18.9 Å². The Balaban J connectivity index is 1.56. The molecule has 3 aromatic heterocycles. The number of benzene rings is 1. The summed E-state index contributed by atoms with van der Waals surface area (Å²) in [5.41, 5.74) is 2.49. The Labute approximate surface area is 158 Å². The smallest absolute Gasteiger partial charge is 0.178 e. The van der Waals surface area contributed by atoms with Gasteiger partial charge in [-0.3, -0.25) is 0 Å². The van der Waals surface area contributed by atoms with E-state index < -0.39 is 5.82 Å². The summed E-state index contributed by atoms with van der Waals surface area (Å²) in [7, 11) is 0. The molecule has 1 fully saturated rings. The molecule has 138 valence electrons. The van der Waals surface area contributed by atoms with Gasteiger partial charge in [0.05, 0.1) is 23.3 Å². The summed E-state index contributed by atoms with van der Waals surface area (Å²) in [5, 5.41) is 24.1. The van der Waals surface area contributed by atoms with Crippen LogP contribution < -0.4 is 10.6 Å². The number of nitriles is 1. The fourth-order valence-corrected chi connectivity index (χ4v) is 2.89. The average molecular weight is 375 g/mol. The lowest BCUT2D eigenvalue weighted by molar-refractivity contribution is 0.631. The molecular weight excluding hydrogens is 361 g/mol. The van der Waals surface area contributed by atoms with Crippen LogP contribution in [0.4, 0.5) is 21.6 Å². The molecular formula is C18H14FN9. The summed E-state index contributed by atoms with van der Waals surface area (Å²) >= 11 is 0. The van der Waals surface area contributed by atoms with E-state index in [0.717, 1.165) is 18.5 Å². The molecule has 28 heavy (non-hydrogen) atoms. The van der Waals surface area contributed by atoms with E-state index in [1.807, 2.05) is 0 Å². The number of aromatic nitrogens is 6. The van der Waals surface area contributed by atoms with E-state index in [4.69, 9.17) is 0 Å². The Hall–Kier alpha value is -4.00. The first-order valence-electron chi connectivity index (χ1n) is 8.68. The van der Waals surface area contributed by atoms with Crippen molar-refractivity contribution in [3.8, 4) is 11.8 Å². The molecule has 1 aliphatic carbocycles. The van der Waals surface area contributed by atoms with E-state index in [2.05, 4.69) is 36.9 Å². The molecule has 2 N–H and O–H groups in total. The van der Waals surface area contributed by atoms with Crippen molar-refractivity contribution < 1.29 is 4.39 Å². The lowest BCUT2D eigenvalue weighted by Crippen LogP contribution is -2.08. The molecule has 0 spiro atoms. The van der Waals surface area contributed by atoms with E-state index in [-0.39, 0.29) is 5.69 Å². The van der Waals surface area contributed by atoms with Crippen LogP contribution in [0.25, 0.3) is 11.3 Å². The molecule has 1 saturated carbocycles. The fraction of sp³-hybridized carbons (Fsp3) is 0.167. The largest absolute Gasteiger partial charge is 0.379 e. The highest BCUT2D eigenvalue weighted by Crippen LogP contribution is 2.30. The highest BCUT2D eigenvalue weighted by Gasteiger charge is 2.23. The number of imidazole rings is 1. The Bertz CT molecular complexity index is 1200. The number of nitrogens with zero attached hydrogens (tertiary/aromatic N) is 7. The Morgan fingerprint density at radius 1 is 1.21 bits per heavy atom. The van der Waals surface area contributed by atoms with Crippen LogP contribution in [-0.4, -0.2) is 35.4 Å². The Morgan fingerprint density at radius 2 is 2.11 bits per heavy atom. The van der Waals surface area contributed by atoms with Crippen molar-refractivity contribution in [1.82, 2.24) is 29.4 Å². The van der Waals surface area contributed by atoms with E-state index in [9.17, 15) is 9.65 Å². The second-order valence-corrected chi connectivity index (χ2v) is 6.48. The third-order valence-corrected chi connectivity index (χ3v) is 4.42. The first kappa shape index (κ1) is 16.2. The first-order chi connectivity index (χ1) is 13.7. The summed E-state index contributed by atoms with van der Waals surface area (Å²) in [4.78, 5) is 8.18. The van der Waals surface area contributed by atoms with Crippen LogP contribution in [0.1, 0.15) is 18.5 Å². The number of hydrogen-bond donors (Lipinski definition) is 2. The first-order valence-corrected chi connectivity index (χ1v) is 8.68. The van der Waals surface area contributed by atoms with Crippen molar-refractivity contribution >= 4 is 22.8 Å². The molecule has 0 aliphatic heterocycles. The van der Waals surface area contributed by atoms with Gasteiger partial charge in [0, 0.05) is 12.1 Å². The zero-order valence-corrected chi connectivity index (χ0v) is 14.5. The van der Waals surface area contributed by atoms with Gasteiger partial charge in [-0.2, -0.15) is 14.9 Å². The van der Waals surface area contributed by atoms with Crippen molar-refractivity contribution in [2.75, 3.05) is 10.6 Å². The molecule has 0 bridgehead atoms. The van der Waals surface area contributed by atoms with E-state index in [0.29, 0.717) is 28.9 Å². The van der Waals surface area contributed by atoms with Crippen molar-refractivity contribution in [2.24, 2.45) is 0 Å². The molecule has 4 aromatic rings. The second-order valence-electron chi connectivity index (χ2n) is 6.48. The van der Waals surface area contributed by atoms with Crippen LogP contribution in [0, 0.1) is 17.1 Å². The van der Waals surface area contributed by atoms with Gasteiger partial charge in [-0.1, -0.05) is 0 Å². The maximum atomic E-state index is 14.4. The van der Waals surface area contributed by atoms with E-state index >= 15 is 0 Å². The average Bonchev–Trinajstić information content (AvgIpc) is 3.19. The summed E-state index contributed by atoms with van der Waals surface area (Å²) in [5.74, 6) is -0.0478. The van der Waals surface area contributed by atoms with Crippen molar-refractivity contribution in [1.29, 1.82) is 5.26 Å². The van der Waals surface area contributed by atoms with Gasteiger partial charge in [-0.25, -0.2) is 19.0 Å². The minimum atomic E-state index is -0.436. The number of nitrogens with one attached hydrogen (secondary N) is 2. The van der Waals surface area contributed by atoms with Crippen molar-refractivity contribution in [3.63, 3.8) is 0 Å². The van der Waals surface area contributed by atoms with Crippen LogP contribution in [0.5, 0.6) is 0 Å². The summed E-state index contributed by atoms with van der Waals surface area (Å²) in [6, 6.07) is 8.78. The number of fused-ring (bicyclic) bond motifs is 1. The number of hydrogen-bond acceptors (Lipinski definition) is 7. The topological polar surface area (TPSA) is 109 Å². The van der Waals surface area contributed by atoms with Crippen LogP contribution in [0.2, 0.25) is 0 Å². The monoisotopic (exact) mass is 375 g/mol. The van der Waals surface area contributed by atoms with E-state index in [1.165, 1.54) is 34.1 Å². The maximum Gasteiger partial charge on any atom is 0.178 e. The molecule has 0 atom stereocenters. The second kappa shape index (κ2) is 6.31. The molecule has 0 amide bonds. The van der Waals surface area contributed by atoms with Gasteiger partial charge in [0.2, 0.25) is 0 Å². The number of halogens is 1.